The summed E-state index contributed by atoms with van der Waals surface area (Å²) in [4.78, 5) is 29.9. The normalized spacial score (nSPS) is 18.0. The fraction of sp³-hybridized carbons (Fsp3) is 0.562. The van der Waals surface area contributed by atoms with Crippen molar-refractivity contribution < 1.29 is 14.3 Å². The van der Waals surface area contributed by atoms with Crippen LogP contribution < -0.4 is 5.73 Å². The number of nitrogens with two attached hydrogens (primary N) is 1. The first-order valence-electron chi connectivity index (χ1n) is 7.46. The molecular formula is C16H23N3O3. The lowest BCUT2D eigenvalue weighted by atomic mass is 9.97. The van der Waals surface area contributed by atoms with Crippen molar-refractivity contribution in [3.8, 4) is 0 Å². The van der Waals surface area contributed by atoms with Crippen LogP contribution in [0.4, 0.5) is 0 Å². The quantitative estimate of drug-likeness (QED) is 0.843. The Kier molecular flexibility index (Phi) is 5.13. The van der Waals surface area contributed by atoms with E-state index >= 15 is 0 Å². The van der Waals surface area contributed by atoms with E-state index in [1.54, 1.807) is 18.1 Å². The molecule has 0 unspecified atom stereocenters. The van der Waals surface area contributed by atoms with Crippen molar-refractivity contribution in [1.82, 2.24) is 9.88 Å². The minimum atomic E-state index is -0.467. The second kappa shape index (κ2) is 6.87. The van der Waals surface area contributed by atoms with Gasteiger partial charge in [0.2, 0.25) is 5.91 Å². The number of carbonyl (C=O) groups excluding carboxylic acids is 2. The van der Waals surface area contributed by atoms with E-state index in [4.69, 9.17) is 10.5 Å². The Morgan fingerprint density at radius 3 is 2.86 bits per heavy atom. The largest absolute Gasteiger partial charge is 0.383 e. The lowest BCUT2D eigenvalue weighted by Gasteiger charge is -2.16. The van der Waals surface area contributed by atoms with Gasteiger partial charge in [0.15, 0.2) is 0 Å². The fourth-order valence-electron chi connectivity index (χ4n) is 2.81. The molecule has 22 heavy (non-hydrogen) atoms. The summed E-state index contributed by atoms with van der Waals surface area (Å²) in [5, 5.41) is 0. The Morgan fingerprint density at radius 1 is 1.50 bits per heavy atom. The van der Waals surface area contributed by atoms with Gasteiger partial charge in [0.25, 0.3) is 5.91 Å². The van der Waals surface area contributed by atoms with Gasteiger partial charge in [0.1, 0.15) is 0 Å². The molecule has 1 saturated heterocycles. The highest BCUT2D eigenvalue weighted by atomic mass is 16.5. The highest BCUT2D eigenvalue weighted by molar-refractivity contribution is 5.94. The lowest BCUT2D eigenvalue weighted by Crippen LogP contribution is -2.29. The summed E-state index contributed by atoms with van der Waals surface area (Å²) < 4.78 is 5.02. The number of primary amides is 1. The van der Waals surface area contributed by atoms with Crippen molar-refractivity contribution in [2.45, 2.75) is 26.7 Å². The van der Waals surface area contributed by atoms with E-state index in [0.29, 0.717) is 43.8 Å². The average molecular weight is 305 g/mol. The first-order valence-corrected chi connectivity index (χ1v) is 7.46. The van der Waals surface area contributed by atoms with Gasteiger partial charge in [0.05, 0.1) is 17.9 Å². The number of aromatic nitrogens is 1. The molecule has 2 rings (SSSR count). The monoisotopic (exact) mass is 305 g/mol. The number of carbonyl (C=O) groups is 2. The van der Waals surface area contributed by atoms with Gasteiger partial charge < -0.3 is 15.4 Å². The molecule has 2 amide bonds. The van der Waals surface area contributed by atoms with Gasteiger partial charge in [-0.25, -0.2) is 0 Å². The van der Waals surface area contributed by atoms with E-state index in [0.717, 1.165) is 11.3 Å². The van der Waals surface area contributed by atoms with Gasteiger partial charge in [-0.15, -0.1) is 0 Å². The zero-order valence-electron chi connectivity index (χ0n) is 13.4. The summed E-state index contributed by atoms with van der Waals surface area (Å²) in [5.41, 5.74) is 8.45. The molecule has 6 nitrogen and oxygen atoms in total. The minimum Gasteiger partial charge on any atom is -0.383 e. The molecule has 1 atom stereocenters. The van der Waals surface area contributed by atoms with Crippen LogP contribution in [0.5, 0.6) is 0 Å². The maximum Gasteiger partial charge on any atom is 0.250 e. The Hall–Kier alpha value is -1.95. The van der Waals surface area contributed by atoms with Crippen molar-refractivity contribution >= 4 is 11.8 Å². The second-order valence-corrected chi connectivity index (χ2v) is 5.86. The van der Waals surface area contributed by atoms with E-state index in [-0.39, 0.29) is 11.8 Å². The molecule has 0 bridgehead atoms. The maximum atomic E-state index is 12.0. The third kappa shape index (κ3) is 3.62. The highest BCUT2D eigenvalue weighted by Gasteiger charge is 2.30. The van der Waals surface area contributed by atoms with E-state index in [2.05, 4.69) is 4.98 Å². The standard InChI is InChI=1S/C16H23N3O3/c1-10-6-13(16(17)21)14(18-11(10)2)7-12-8-15(20)19(9-12)4-5-22-3/h6,12H,4-5,7-9H2,1-3H3,(H2,17,21)/t12-/m0/s1. The smallest absolute Gasteiger partial charge is 0.250 e. The first-order chi connectivity index (χ1) is 10.4. The maximum absolute atomic E-state index is 12.0. The Labute approximate surface area is 130 Å². The zero-order valence-corrected chi connectivity index (χ0v) is 13.4. The van der Waals surface area contributed by atoms with Gasteiger partial charge in [-0.2, -0.15) is 0 Å². The number of likely N-dealkylation sites (tertiary alicyclic amines) is 1. The number of ether oxygens (including phenoxy) is 1. The van der Waals surface area contributed by atoms with Crippen LogP contribution in [0.2, 0.25) is 0 Å². The van der Waals surface area contributed by atoms with Crippen LogP contribution in [-0.2, 0) is 16.0 Å². The van der Waals surface area contributed by atoms with Crippen LogP contribution in [0.1, 0.15) is 33.7 Å². The van der Waals surface area contributed by atoms with Gasteiger partial charge >= 0.3 is 0 Å². The fourth-order valence-corrected chi connectivity index (χ4v) is 2.81. The number of pyridine rings is 1. The lowest BCUT2D eigenvalue weighted by molar-refractivity contribution is -0.128. The van der Waals surface area contributed by atoms with Crippen molar-refractivity contribution in [2.75, 3.05) is 26.8 Å². The predicted octanol–water partition coefficient (Wildman–Crippen LogP) is 0.835. The van der Waals surface area contributed by atoms with Crippen molar-refractivity contribution in [1.29, 1.82) is 0 Å². The molecule has 0 saturated carbocycles. The molecule has 1 aromatic heterocycles. The molecule has 0 aliphatic carbocycles. The second-order valence-electron chi connectivity index (χ2n) is 5.86. The molecule has 2 N–H and O–H groups in total. The molecule has 0 radical (unpaired) electrons. The minimum absolute atomic E-state index is 0.131. The molecule has 2 heterocycles. The average Bonchev–Trinajstić information content (AvgIpc) is 2.80. The van der Waals surface area contributed by atoms with E-state index in [1.807, 2.05) is 13.8 Å². The van der Waals surface area contributed by atoms with Gasteiger partial charge in [-0.1, -0.05) is 0 Å². The number of hydrogen-bond donors (Lipinski definition) is 1. The van der Waals surface area contributed by atoms with Gasteiger partial charge in [-0.3, -0.25) is 14.6 Å². The Morgan fingerprint density at radius 2 is 2.23 bits per heavy atom. The van der Waals surface area contributed by atoms with Crippen LogP contribution in [-0.4, -0.2) is 48.5 Å². The van der Waals surface area contributed by atoms with E-state index < -0.39 is 5.91 Å². The Balaban J connectivity index is 2.13. The summed E-state index contributed by atoms with van der Waals surface area (Å²) in [6, 6.07) is 1.79. The van der Waals surface area contributed by atoms with Crippen LogP contribution in [0.15, 0.2) is 6.07 Å². The van der Waals surface area contributed by atoms with Crippen LogP contribution in [0.25, 0.3) is 0 Å². The summed E-state index contributed by atoms with van der Waals surface area (Å²) >= 11 is 0. The molecule has 1 aliphatic rings. The predicted molar refractivity (Wildman–Crippen MR) is 82.5 cm³/mol. The van der Waals surface area contributed by atoms with Crippen LogP contribution in [0, 0.1) is 19.8 Å². The molecule has 1 aromatic rings. The van der Waals surface area contributed by atoms with Crippen LogP contribution >= 0.6 is 0 Å². The van der Waals surface area contributed by atoms with Crippen LogP contribution in [0.3, 0.4) is 0 Å². The zero-order chi connectivity index (χ0) is 16.3. The Bertz CT molecular complexity index is 586. The number of methoxy groups -OCH3 is 1. The molecule has 0 spiro atoms. The molecule has 0 aromatic carbocycles. The topological polar surface area (TPSA) is 85.5 Å². The van der Waals surface area contributed by atoms with E-state index in [9.17, 15) is 9.59 Å². The van der Waals surface area contributed by atoms with Gasteiger partial charge in [0, 0.05) is 32.3 Å². The van der Waals surface area contributed by atoms with E-state index in [1.165, 1.54) is 0 Å². The third-order valence-corrected chi connectivity index (χ3v) is 4.15. The summed E-state index contributed by atoms with van der Waals surface area (Å²) in [5.74, 6) is -0.172. The van der Waals surface area contributed by atoms with Crippen molar-refractivity contribution in [3.05, 3.63) is 28.6 Å². The summed E-state index contributed by atoms with van der Waals surface area (Å²) in [6.45, 7) is 5.63. The molecule has 6 heteroatoms. The number of hydrogen-bond acceptors (Lipinski definition) is 4. The number of rotatable bonds is 6. The highest BCUT2D eigenvalue weighted by Crippen LogP contribution is 2.23. The third-order valence-electron chi connectivity index (χ3n) is 4.15. The first kappa shape index (κ1) is 16.4. The molecule has 1 aliphatic heterocycles. The summed E-state index contributed by atoms with van der Waals surface area (Å²) in [7, 11) is 1.62. The number of aryl methyl sites for hydroxylation is 2. The number of nitrogens with zero attached hydrogens (tertiary/aromatic N) is 2. The van der Waals surface area contributed by atoms with Crippen molar-refractivity contribution in [2.24, 2.45) is 11.7 Å². The SMILES string of the molecule is COCCN1C[C@@H](Cc2nc(C)c(C)cc2C(N)=O)CC1=O. The summed E-state index contributed by atoms with van der Waals surface area (Å²) in [6.07, 6.45) is 1.07. The molecular weight excluding hydrogens is 282 g/mol. The number of amides is 2. The molecule has 1 fully saturated rings. The molecule has 120 valence electrons. The van der Waals surface area contributed by atoms with Crippen molar-refractivity contribution in [3.63, 3.8) is 0 Å². The van der Waals surface area contributed by atoms with Gasteiger partial charge in [-0.05, 0) is 37.8 Å².